The molecular weight excluding hydrogens is 498 g/mol. The van der Waals surface area contributed by atoms with Crippen molar-refractivity contribution in [1.82, 2.24) is 19.3 Å². The van der Waals surface area contributed by atoms with Gasteiger partial charge in [-0.25, -0.2) is 8.78 Å². The van der Waals surface area contributed by atoms with Crippen molar-refractivity contribution in [1.29, 1.82) is 0 Å². The first-order chi connectivity index (χ1) is 16.9. The Morgan fingerprint density at radius 2 is 1.91 bits per heavy atom. The minimum Gasteiger partial charge on any atom is -0.609 e. The van der Waals surface area contributed by atoms with Crippen molar-refractivity contribution in [3.05, 3.63) is 64.2 Å². The van der Waals surface area contributed by atoms with Gasteiger partial charge in [-0.1, -0.05) is 18.0 Å². The molecule has 0 radical (unpaired) electrons. The van der Waals surface area contributed by atoms with Crippen molar-refractivity contribution in [3.63, 3.8) is 0 Å². The molecule has 0 amide bonds. The molecule has 0 fully saturated rings. The minimum absolute atomic E-state index is 0.148. The van der Waals surface area contributed by atoms with E-state index < -0.39 is 23.3 Å². The van der Waals surface area contributed by atoms with Crippen LogP contribution in [0.5, 0.6) is 11.5 Å². The van der Waals surface area contributed by atoms with Crippen LogP contribution in [0.1, 0.15) is 24.1 Å². The molecule has 35 heavy (non-hydrogen) atoms. The van der Waals surface area contributed by atoms with Gasteiger partial charge in [0.1, 0.15) is 11.4 Å². The van der Waals surface area contributed by atoms with Gasteiger partial charge in [0.15, 0.2) is 11.5 Å². The van der Waals surface area contributed by atoms with Crippen LogP contribution >= 0.6 is 11.9 Å². The van der Waals surface area contributed by atoms with Crippen LogP contribution in [0.2, 0.25) is 0 Å². The van der Waals surface area contributed by atoms with Gasteiger partial charge in [0.25, 0.3) is 12.0 Å². The monoisotopic (exact) mass is 524 g/mol. The number of halogens is 2. The lowest BCUT2D eigenvalue weighted by Crippen LogP contribution is -2.19. The molecule has 0 bridgehead atoms. The van der Waals surface area contributed by atoms with Crippen LogP contribution in [0.3, 0.4) is 0 Å². The van der Waals surface area contributed by atoms with Gasteiger partial charge in [-0.05, 0) is 36.9 Å². The first-order valence-electron chi connectivity index (χ1n) is 10.6. The number of aromatic nitrogens is 3. The zero-order valence-corrected chi connectivity index (χ0v) is 21.1. The number of alkyl halides is 2. The van der Waals surface area contributed by atoms with Gasteiger partial charge < -0.3 is 18.6 Å². The number of pyridine rings is 1. The maximum atomic E-state index is 13.5. The van der Waals surface area contributed by atoms with E-state index >= 15 is 0 Å². The van der Waals surface area contributed by atoms with Crippen molar-refractivity contribution >= 4 is 23.1 Å². The molecule has 188 valence electrons. The summed E-state index contributed by atoms with van der Waals surface area (Å²) in [5.74, 6) is 2.04. The van der Waals surface area contributed by atoms with Crippen LogP contribution in [0.15, 0.2) is 52.5 Å². The molecule has 2 aromatic heterocycles. The minimum atomic E-state index is -2.86. The number of nitrogens with one attached hydrogen (secondary N) is 1. The summed E-state index contributed by atoms with van der Waals surface area (Å²) in [5.41, 5.74) is 0.583. The van der Waals surface area contributed by atoms with Gasteiger partial charge in [0.05, 0.1) is 26.5 Å². The van der Waals surface area contributed by atoms with Gasteiger partial charge in [0.2, 0.25) is 0 Å². The summed E-state index contributed by atoms with van der Waals surface area (Å²) >= 11 is -0.168. The Labute approximate surface area is 209 Å². The molecule has 1 N–H and O–H groups in total. The first-order valence-corrected chi connectivity index (χ1v) is 12.9. The number of nitrogens with zero attached hydrogens (tertiary/aromatic N) is 3. The number of hydrogen-bond donors (Lipinski definition) is 1. The van der Waals surface area contributed by atoms with E-state index in [-0.39, 0.29) is 28.7 Å². The molecule has 1 atom stereocenters. The molecule has 0 saturated heterocycles. The highest BCUT2D eigenvalue weighted by atomic mass is 32.2. The highest BCUT2D eigenvalue weighted by Crippen LogP contribution is 2.28. The molecule has 0 spiro atoms. The van der Waals surface area contributed by atoms with E-state index in [0.717, 1.165) is 11.6 Å². The van der Waals surface area contributed by atoms with Crippen LogP contribution in [0, 0.1) is 0 Å². The lowest BCUT2D eigenvalue weighted by Gasteiger charge is -2.13. The molecule has 0 saturated carbocycles. The van der Waals surface area contributed by atoms with Crippen molar-refractivity contribution < 1.29 is 22.8 Å². The number of rotatable bonds is 12. The number of ether oxygens (including phenoxy) is 2. The third kappa shape index (κ3) is 7.17. The molecule has 1 aromatic carbocycles. The van der Waals surface area contributed by atoms with Gasteiger partial charge in [-0.2, -0.15) is 9.97 Å². The third-order valence-corrected chi connectivity index (χ3v) is 6.98. The van der Waals surface area contributed by atoms with Crippen molar-refractivity contribution in [2.75, 3.05) is 32.8 Å². The van der Waals surface area contributed by atoms with E-state index in [9.17, 15) is 18.1 Å². The topological polar surface area (TPSA) is 101 Å². The summed E-state index contributed by atoms with van der Waals surface area (Å²) in [6.07, 6.45) is -0.719. The summed E-state index contributed by atoms with van der Waals surface area (Å²) in [6, 6.07) is 9.29. The maximum absolute atomic E-state index is 13.5. The van der Waals surface area contributed by atoms with Crippen LogP contribution in [-0.4, -0.2) is 51.9 Å². The summed E-state index contributed by atoms with van der Waals surface area (Å²) in [4.78, 5) is 20.6. The molecule has 0 aliphatic heterocycles. The quantitative estimate of drug-likeness (QED) is 0.166. The van der Waals surface area contributed by atoms with E-state index in [1.165, 1.54) is 49.1 Å². The van der Waals surface area contributed by atoms with Crippen molar-refractivity contribution in [2.45, 2.75) is 24.5 Å². The molecule has 8 nitrogen and oxygen atoms in total. The predicted octanol–water partition coefficient (Wildman–Crippen LogP) is 3.67. The van der Waals surface area contributed by atoms with Crippen molar-refractivity contribution in [2.24, 2.45) is 0 Å². The summed E-state index contributed by atoms with van der Waals surface area (Å²) in [5, 5.41) is -0.148. The van der Waals surface area contributed by atoms with E-state index in [0.29, 0.717) is 29.2 Å². The largest absolute Gasteiger partial charge is 0.609 e. The Kier molecular flexibility index (Phi) is 9.90. The lowest BCUT2D eigenvalue weighted by atomic mass is 10.1. The predicted molar refractivity (Wildman–Crippen MR) is 133 cm³/mol. The second-order valence-electron chi connectivity index (χ2n) is 7.29. The van der Waals surface area contributed by atoms with Crippen LogP contribution < -0.4 is 19.8 Å². The zero-order valence-electron chi connectivity index (χ0n) is 19.5. The fraction of sp³-hybridized carbons (Fsp3) is 0.348. The Bertz CT molecular complexity index is 1200. The second kappa shape index (κ2) is 12.9. The fourth-order valence-electron chi connectivity index (χ4n) is 3.24. The Balaban J connectivity index is 1.92. The van der Waals surface area contributed by atoms with Crippen molar-refractivity contribution in [3.8, 4) is 22.8 Å². The number of methoxy groups -OCH3 is 2. The molecule has 12 heteroatoms. The molecule has 3 rings (SSSR count). The fourth-order valence-corrected chi connectivity index (χ4v) is 4.91. The smallest absolute Gasteiger partial charge is 0.343 e. The summed E-state index contributed by atoms with van der Waals surface area (Å²) in [6.45, 7) is 0.210. The molecule has 2 heterocycles. The van der Waals surface area contributed by atoms with Crippen LogP contribution in [0.25, 0.3) is 11.3 Å². The zero-order chi connectivity index (χ0) is 25.4. The Hall–Kier alpha value is -2.67. The second-order valence-corrected chi connectivity index (χ2v) is 9.86. The standard InChI is InChI=1S/C23H26F2N4O4S2/c1-26-34-9-4-10-35(31)23-27-17(12-18(28-23)22(24)25)16-6-8-21(30)29(14-16)13-15-5-7-19(32-2)20(11-15)33-3/h5-8,11-12,14,22,26H,4,9-10,13H2,1-3H3. The van der Waals surface area contributed by atoms with Gasteiger partial charge in [-0.3, -0.25) is 9.52 Å². The summed E-state index contributed by atoms with van der Waals surface area (Å²) in [7, 11) is 4.84. The third-order valence-electron chi connectivity index (χ3n) is 4.95. The molecule has 1 unspecified atom stereocenters. The highest BCUT2D eigenvalue weighted by Gasteiger charge is 2.22. The van der Waals surface area contributed by atoms with E-state index in [2.05, 4.69) is 14.7 Å². The number of benzene rings is 1. The molecular formula is C23H26F2N4O4S2. The van der Waals surface area contributed by atoms with E-state index in [4.69, 9.17) is 9.47 Å². The van der Waals surface area contributed by atoms with Gasteiger partial charge >= 0.3 is 5.16 Å². The number of hydrogen-bond acceptors (Lipinski definition) is 8. The molecule has 0 aliphatic rings. The normalized spacial score (nSPS) is 12.1. The van der Waals surface area contributed by atoms with Gasteiger partial charge in [-0.15, -0.1) is 0 Å². The summed E-state index contributed by atoms with van der Waals surface area (Å²) < 4.78 is 54.7. The first kappa shape index (κ1) is 26.9. The Morgan fingerprint density at radius 3 is 2.60 bits per heavy atom. The van der Waals surface area contributed by atoms with E-state index in [1.807, 2.05) is 0 Å². The molecule has 3 aromatic rings. The average Bonchev–Trinajstić information content (AvgIpc) is 2.87. The van der Waals surface area contributed by atoms with Crippen LogP contribution in [-0.2, 0) is 17.7 Å². The van der Waals surface area contributed by atoms with Gasteiger partial charge in [0, 0.05) is 41.2 Å². The Morgan fingerprint density at radius 1 is 1.14 bits per heavy atom. The lowest BCUT2D eigenvalue weighted by molar-refractivity contribution is 0.145. The van der Waals surface area contributed by atoms with E-state index in [1.54, 1.807) is 25.2 Å². The average molecular weight is 525 g/mol. The SMILES string of the molecule is CNSCCC[S+]([O-])c1nc(-c2ccc(=O)n(Cc3ccc(OC)c(OC)c3)c2)cc(C(F)F)n1. The van der Waals surface area contributed by atoms with Crippen LogP contribution in [0.4, 0.5) is 8.78 Å². The highest BCUT2D eigenvalue weighted by molar-refractivity contribution is 7.97. The maximum Gasteiger partial charge on any atom is 0.343 e. The molecule has 0 aliphatic carbocycles.